The molecule has 0 N–H and O–H groups in total. The Kier molecular flexibility index (Phi) is 4.07. The van der Waals surface area contributed by atoms with Crippen LogP contribution in [0.2, 0.25) is 0 Å². The summed E-state index contributed by atoms with van der Waals surface area (Å²) in [6.07, 6.45) is 0. The van der Waals surface area contributed by atoms with E-state index in [2.05, 4.69) is 51.9 Å². The second kappa shape index (κ2) is 6.96. The van der Waals surface area contributed by atoms with Crippen molar-refractivity contribution in [2.45, 2.75) is 17.8 Å². The quantitative estimate of drug-likeness (QED) is 0.206. The van der Waals surface area contributed by atoms with Gasteiger partial charge in [-0.3, -0.25) is 4.40 Å². The third-order valence-electron chi connectivity index (χ3n) is 5.65. The highest BCUT2D eigenvalue weighted by molar-refractivity contribution is 7.98. The molecule has 31 heavy (non-hydrogen) atoms. The number of thioether (sulfide) groups is 1. The summed E-state index contributed by atoms with van der Waals surface area (Å²) in [4.78, 5) is 12.2. The van der Waals surface area contributed by atoms with Gasteiger partial charge in [-0.05, 0) is 47.0 Å². The molecule has 3 aromatic heterocycles. The van der Waals surface area contributed by atoms with Gasteiger partial charge in [0.2, 0.25) is 0 Å². The molecule has 0 saturated heterocycles. The van der Waals surface area contributed by atoms with Crippen LogP contribution in [0.5, 0.6) is 0 Å². The van der Waals surface area contributed by atoms with Crippen LogP contribution in [0, 0.1) is 6.92 Å². The molecule has 0 aliphatic rings. The molecule has 0 aliphatic carbocycles. The molecule has 0 atom stereocenters. The predicted octanol–water partition coefficient (Wildman–Crippen LogP) is 5.74. The van der Waals surface area contributed by atoms with Crippen LogP contribution < -0.4 is 5.63 Å². The summed E-state index contributed by atoms with van der Waals surface area (Å²) in [7, 11) is 0. The van der Waals surface area contributed by atoms with Gasteiger partial charge in [0.1, 0.15) is 5.58 Å². The van der Waals surface area contributed by atoms with Crippen molar-refractivity contribution >= 4 is 50.1 Å². The average molecular weight is 423 g/mol. The number of fused-ring (bicyclic) bond motifs is 6. The predicted molar refractivity (Wildman–Crippen MR) is 125 cm³/mol. The first-order valence-corrected chi connectivity index (χ1v) is 11.0. The number of pyridine rings is 1. The van der Waals surface area contributed by atoms with Gasteiger partial charge in [0, 0.05) is 22.6 Å². The fourth-order valence-corrected chi connectivity index (χ4v) is 5.18. The van der Waals surface area contributed by atoms with E-state index >= 15 is 0 Å². The molecular formula is C25H17N3O2S. The van der Waals surface area contributed by atoms with Crippen LogP contribution in [-0.4, -0.2) is 14.6 Å². The second-order valence-electron chi connectivity index (χ2n) is 7.56. The topological polar surface area (TPSA) is 60.4 Å². The lowest BCUT2D eigenvalue weighted by atomic mass is 10.0. The van der Waals surface area contributed by atoms with Crippen LogP contribution in [0.4, 0.5) is 0 Å². The zero-order valence-corrected chi connectivity index (χ0v) is 17.5. The number of para-hydroxylation sites is 1. The molecule has 3 aromatic carbocycles. The average Bonchev–Trinajstić information content (AvgIpc) is 3.20. The summed E-state index contributed by atoms with van der Waals surface area (Å²) in [6.45, 7) is 2.09. The van der Waals surface area contributed by atoms with Crippen LogP contribution in [0.3, 0.4) is 0 Å². The molecule has 0 unspecified atom stereocenters. The minimum atomic E-state index is -0.342. The zero-order valence-electron chi connectivity index (χ0n) is 16.7. The molecule has 6 heteroatoms. The number of benzene rings is 3. The molecule has 0 saturated carbocycles. The van der Waals surface area contributed by atoms with E-state index in [4.69, 9.17) is 4.42 Å². The minimum absolute atomic E-state index is 0.342. The van der Waals surface area contributed by atoms with Crippen molar-refractivity contribution in [2.75, 3.05) is 0 Å². The molecule has 0 amide bonds. The Morgan fingerprint density at radius 3 is 2.65 bits per heavy atom. The fraction of sp³-hybridized carbons (Fsp3) is 0.0800. The highest BCUT2D eigenvalue weighted by Crippen LogP contribution is 2.32. The molecular weight excluding hydrogens is 406 g/mol. The molecule has 0 bridgehead atoms. The Balaban J connectivity index is 1.50. The van der Waals surface area contributed by atoms with E-state index in [1.807, 2.05) is 36.4 Å². The van der Waals surface area contributed by atoms with E-state index in [0.29, 0.717) is 11.3 Å². The summed E-state index contributed by atoms with van der Waals surface area (Å²) in [5, 5.41) is 14.0. The van der Waals surface area contributed by atoms with E-state index in [1.54, 1.807) is 17.8 Å². The van der Waals surface area contributed by atoms with E-state index in [9.17, 15) is 4.79 Å². The van der Waals surface area contributed by atoms with Crippen LogP contribution in [0.1, 0.15) is 11.1 Å². The highest BCUT2D eigenvalue weighted by atomic mass is 32.2. The number of rotatable bonds is 3. The number of hydrogen-bond acceptors (Lipinski definition) is 5. The Hall–Kier alpha value is -3.64. The maximum atomic E-state index is 12.2. The van der Waals surface area contributed by atoms with E-state index in [0.717, 1.165) is 38.0 Å². The van der Waals surface area contributed by atoms with Crippen LogP contribution in [-0.2, 0) is 5.75 Å². The van der Waals surface area contributed by atoms with Gasteiger partial charge in [-0.2, -0.15) is 0 Å². The third-order valence-corrected chi connectivity index (χ3v) is 6.62. The van der Waals surface area contributed by atoms with Crippen LogP contribution in [0.25, 0.3) is 38.3 Å². The highest BCUT2D eigenvalue weighted by Gasteiger charge is 2.14. The molecule has 5 nitrogen and oxygen atoms in total. The number of nitrogens with zero attached hydrogens (tertiary/aromatic N) is 3. The van der Waals surface area contributed by atoms with Gasteiger partial charge in [-0.25, -0.2) is 4.79 Å². The zero-order chi connectivity index (χ0) is 20.9. The first kappa shape index (κ1) is 18.2. The number of aromatic nitrogens is 3. The molecule has 3 heterocycles. The van der Waals surface area contributed by atoms with Crippen molar-refractivity contribution < 1.29 is 4.42 Å². The van der Waals surface area contributed by atoms with Crippen LogP contribution >= 0.6 is 11.8 Å². The first-order valence-electron chi connectivity index (χ1n) is 10.00. The lowest BCUT2D eigenvalue weighted by molar-refractivity contribution is 0.560. The van der Waals surface area contributed by atoms with Crippen molar-refractivity contribution in [1.29, 1.82) is 0 Å². The first-order chi connectivity index (χ1) is 15.2. The van der Waals surface area contributed by atoms with Gasteiger partial charge >= 0.3 is 5.63 Å². The van der Waals surface area contributed by atoms with Crippen molar-refractivity contribution in [1.82, 2.24) is 14.6 Å². The van der Waals surface area contributed by atoms with Crippen LogP contribution in [0.15, 0.2) is 87.2 Å². The standard InChI is InChI=1S/C25H17N3O2S/c1-15-12-22-26-27-25(28(22)20-9-5-4-7-18(15)20)31-14-17-13-23(29)30-21-11-10-16-6-2-3-8-19(16)24(17)21/h2-13H,14H2,1H3. The largest absolute Gasteiger partial charge is 0.423 e. The van der Waals surface area contributed by atoms with Crippen molar-refractivity contribution in [3.8, 4) is 0 Å². The SMILES string of the molecule is Cc1cc2nnc(SCc3cc(=O)oc4ccc5ccccc5c34)n2c2ccccc12. The Morgan fingerprint density at radius 1 is 0.935 bits per heavy atom. The summed E-state index contributed by atoms with van der Waals surface area (Å²) >= 11 is 1.57. The normalized spacial score (nSPS) is 11.8. The van der Waals surface area contributed by atoms with Gasteiger partial charge in [0.15, 0.2) is 10.8 Å². The molecule has 0 aliphatic heterocycles. The minimum Gasteiger partial charge on any atom is -0.423 e. The second-order valence-corrected chi connectivity index (χ2v) is 8.50. The fourth-order valence-electron chi connectivity index (χ4n) is 4.24. The molecule has 0 spiro atoms. The van der Waals surface area contributed by atoms with Gasteiger partial charge in [0.05, 0.1) is 5.52 Å². The Morgan fingerprint density at radius 2 is 1.74 bits per heavy atom. The Bertz CT molecular complexity index is 1680. The lowest BCUT2D eigenvalue weighted by Gasteiger charge is -2.09. The van der Waals surface area contributed by atoms with Crippen molar-refractivity contribution in [3.63, 3.8) is 0 Å². The molecule has 0 radical (unpaired) electrons. The Labute approximate surface area is 181 Å². The van der Waals surface area contributed by atoms with Gasteiger partial charge in [-0.15, -0.1) is 10.2 Å². The summed E-state index contributed by atoms with van der Waals surface area (Å²) in [5.41, 5.74) is 4.26. The maximum Gasteiger partial charge on any atom is 0.336 e. The molecule has 150 valence electrons. The summed E-state index contributed by atoms with van der Waals surface area (Å²) < 4.78 is 7.57. The van der Waals surface area contributed by atoms with E-state index in [1.165, 1.54) is 10.9 Å². The molecule has 6 aromatic rings. The maximum absolute atomic E-state index is 12.2. The lowest BCUT2D eigenvalue weighted by Crippen LogP contribution is -2.01. The third kappa shape index (κ3) is 2.91. The number of hydrogen-bond donors (Lipinski definition) is 0. The van der Waals surface area contributed by atoms with Crippen molar-refractivity contribution in [3.05, 3.63) is 94.3 Å². The summed E-state index contributed by atoms with van der Waals surface area (Å²) in [6, 6.07) is 23.9. The van der Waals surface area contributed by atoms with Gasteiger partial charge in [0.25, 0.3) is 0 Å². The molecule has 0 fully saturated rings. The monoisotopic (exact) mass is 423 g/mol. The van der Waals surface area contributed by atoms with Crippen molar-refractivity contribution in [2.24, 2.45) is 0 Å². The van der Waals surface area contributed by atoms with Gasteiger partial charge < -0.3 is 4.42 Å². The number of aryl methyl sites for hydroxylation is 1. The van der Waals surface area contributed by atoms with E-state index in [-0.39, 0.29) is 5.63 Å². The van der Waals surface area contributed by atoms with E-state index < -0.39 is 0 Å². The summed E-state index contributed by atoms with van der Waals surface area (Å²) in [5.74, 6) is 0.582. The molecule has 6 rings (SSSR count). The smallest absolute Gasteiger partial charge is 0.336 e. The van der Waals surface area contributed by atoms with Gasteiger partial charge in [-0.1, -0.05) is 60.3 Å².